The van der Waals surface area contributed by atoms with Crippen LogP contribution in [0.3, 0.4) is 0 Å². The van der Waals surface area contributed by atoms with Crippen LogP contribution in [0.1, 0.15) is 68.2 Å². The molecular formula is C73H59BN5Pt-3. The Morgan fingerprint density at radius 3 is 1.98 bits per heavy atom. The van der Waals surface area contributed by atoms with E-state index in [1.807, 2.05) is 0 Å². The zero-order valence-corrected chi connectivity index (χ0v) is 47.3. The zero-order chi connectivity index (χ0) is 52.4. The van der Waals surface area contributed by atoms with Crippen molar-refractivity contribution in [1.29, 1.82) is 0 Å². The summed E-state index contributed by atoms with van der Waals surface area (Å²) in [6, 6.07) is 78.9. The van der Waals surface area contributed by atoms with Gasteiger partial charge in [0.1, 0.15) is 5.82 Å². The molecule has 4 bridgehead atoms. The van der Waals surface area contributed by atoms with Crippen LogP contribution in [0, 0.1) is 42.5 Å². The van der Waals surface area contributed by atoms with Gasteiger partial charge in [0.15, 0.2) is 0 Å². The molecule has 17 rings (SSSR count). The van der Waals surface area contributed by atoms with Gasteiger partial charge in [0.05, 0.1) is 0 Å². The van der Waals surface area contributed by atoms with Gasteiger partial charge in [0.2, 0.25) is 0 Å². The number of benzene rings is 8. The average Bonchev–Trinajstić information content (AvgIpc) is 3.69. The fourth-order valence-corrected chi connectivity index (χ4v) is 15.9. The Morgan fingerprint density at radius 2 is 1.24 bits per heavy atom. The second kappa shape index (κ2) is 19.1. The van der Waals surface area contributed by atoms with Crippen LogP contribution in [-0.4, -0.2) is 16.4 Å². The van der Waals surface area contributed by atoms with E-state index in [1.165, 1.54) is 81.9 Å². The minimum atomic E-state index is -0.469. The van der Waals surface area contributed by atoms with Crippen LogP contribution < -0.4 is 14.6 Å². The van der Waals surface area contributed by atoms with Crippen molar-refractivity contribution in [2.75, 3.05) is 14.6 Å². The number of aromatic nitrogens is 2. The molecule has 4 saturated carbocycles. The van der Waals surface area contributed by atoms with Crippen molar-refractivity contribution < 1.29 is 21.1 Å². The van der Waals surface area contributed by atoms with E-state index < -0.39 is 5.41 Å². The molecular weight excluding hydrogens is 1150 g/mol. The number of anilines is 5. The number of hydrogen-bond donors (Lipinski definition) is 0. The third-order valence-corrected chi connectivity index (χ3v) is 19.2. The van der Waals surface area contributed by atoms with E-state index in [-0.39, 0.29) is 33.3 Å². The Kier molecular flexibility index (Phi) is 11.8. The van der Waals surface area contributed by atoms with Crippen LogP contribution in [-0.2, 0) is 31.9 Å². The number of fused-ring (bicyclic) bond motifs is 7. The normalized spacial score (nSPS) is 21.4. The third kappa shape index (κ3) is 7.51. The van der Waals surface area contributed by atoms with E-state index in [1.54, 1.807) is 5.47 Å². The monoisotopic (exact) mass is 1210 g/mol. The quantitative estimate of drug-likeness (QED) is 0.106. The summed E-state index contributed by atoms with van der Waals surface area (Å²) in [5.74, 6) is 6.27. The second-order valence-electron chi connectivity index (χ2n) is 23.6. The largest absolute Gasteiger partial charge is 0.493 e. The summed E-state index contributed by atoms with van der Waals surface area (Å²) in [6.45, 7) is 7.07. The number of pyridine rings is 1. The predicted molar refractivity (Wildman–Crippen MR) is 327 cm³/mol. The summed E-state index contributed by atoms with van der Waals surface area (Å²) in [7, 11) is 0. The van der Waals surface area contributed by atoms with Crippen molar-refractivity contribution in [3.8, 4) is 28.1 Å². The third-order valence-electron chi connectivity index (χ3n) is 19.2. The maximum absolute atomic E-state index is 5.35. The van der Waals surface area contributed by atoms with Crippen LogP contribution in [0.15, 0.2) is 230 Å². The first-order valence-corrected chi connectivity index (χ1v) is 28.6. The SMILES string of the molecule is CC(C)(c1[c-]c(N2[CH-]N(c3c(-c4ccccc4)cccc3-c3ccccc3)c3ccccc32)ccc1)c1[c-]c2c(cc1)c1ccccc1n2-c1cc(C2(C3=CC=CN4B3C=Cc3ccccc34)C3CC4CC(C3)CC2C4)ccn1.[Pt]. The van der Waals surface area contributed by atoms with Crippen molar-refractivity contribution in [1.82, 2.24) is 9.55 Å². The van der Waals surface area contributed by atoms with E-state index in [4.69, 9.17) is 4.98 Å². The first-order chi connectivity index (χ1) is 38.9. The molecule has 0 unspecified atom stereocenters. The van der Waals surface area contributed by atoms with E-state index in [2.05, 4.69) is 283 Å². The Bertz CT molecular complexity index is 4070. The van der Waals surface area contributed by atoms with Crippen molar-refractivity contribution in [3.05, 3.63) is 271 Å². The summed E-state index contributed by atoms with van der Waals surface area (Å²) in [6.07, 6.45) is 18.3. The standard InChI is InChI=1S/C73H59BN5.Pt/c1-72(2,54-23-15-24-59(45-54)76-48-77(67-31-14-13-30-66(67)76)71-60(51-18-5-3-6-19-51)26-16-27-61(71)52-20-7-4-8-21-52)55-33-34-63-62-25-10-12-29-65(62)79(68(63)46-55)70-47-56(36-38-75-70)73(57-41-49-40-50(43-57)44-58(73)42-49)69-32-17-39-78-64-28-11-9-22-53(64)35-37-74(69)78;/h3-39,47-50,57-58H,40-44H2,1-2H3;/q-3;. The predicted octanol–water partition coefficient (Wildman–Crippen LogP) is 17.6. The maximum atomic E-state index is 5.35. The number of nitrogens with zero attached hydrogens (tertiary/aromatic N) is 5. The molecule has 5 nitrogen and oxygen atoms in total. The van der Waals surface area contributed by atoms with Crippen LogP contribution in [0.4, 0.5) is 28.4 Å². The molecule has 0 amide bonds. The van der Waals surface area contributed by atoms with Gasteiger partial charge in [-0.2, -0.15) is 53.6 Å². The Labute approximate surface area is 485 Å². The van der Waals surface area contributed by atoms with Crippen LogP contribution in [0.2, 0.25) is 0 Å². The summed E-state index contributed by atoms with van der Waals surface area (Å²) in [5, 5.41) is 2.39. The Hall–Kier alpha value is -7.92. The molecule has 5 heterocycles. The topological polar surface area (TPSA) is 27.5 Å². The first kappa shape index (κ1) is 49.2. The molecule has 0 N–H and O–H groups in total. The van der Waals surface area contributed by atoms with E-state index in [0.717, 1.165) is 62.6 Å². The van der Waals surface area contributed by atoms with Crippen molar-refractivity contribution in [2.24, 2.45) is 23.7 Å². The van der Waals surface area contributed by atoms with Crippen LogP contribution >= 0.6 is 0 Å². The number of rotatable bonds is 9. The molecule has 3 aliphatic heterocycles. The molecule has 4 fully saturated rings. The summed E-state index contributed by atoms with van der Waals surface area (Å²) in [5.41, 5.74) is 18.4. The van der Waals surface area contributed by atoms with Crippen molar-refractivity contribution >= 4 is 63.2 Å². The molecule has 7 aliphatic rings. The van der Waals surface area contributed by atoms with Gasteiger partial charge < -0.3 is 19.2 Å². The van der Waals surface area contributed by atoms with Gasteiger partial charge >= 0.3 is 6.85 Å². The number of allylic oxidation sites excluding steroid dienone is 3. The van der Waals surface area contributed by atoms with E-state index >= 15 is 0 Å². The fraction of sp³-hybridized carbons (Fsp3) is 0.178. The molecule has 0 spiro atoms. The van der Waals surface area contributed by atoms with Gasteiger partial charge in [-0.25, -0.2) is 4.98 Å². The molecule has 0 saturated heterocycles. The summed E-state index contributed by atoms with van der Waals surface area (Å²) < 4.78 is 2.41. The average molecular weight is 1210 g/mol. The number of hydrogen-bond acceptors (Lipinski definition) is 4. The zero-order valence-electron chi connectivity index (χ0n) is 45.0. The van der Waals surface area contributed by atoms with Gasteiger partial charge in [-0.1, -0.05) is 170 Å². The first-order valence-electron chi connectivity index (χ1n) is 28.6. The number of para-hydroxylation sites is 5. The summed E-state index contributed by atoms with van der Waals surface area (Å²) >= 11 is 0. The Morgan fingerprint density at radius 1 is 0.600 bits per heavy atom. The molecule has 80 heavy (non-hydrogen) atoms. The van der Waals surface area contributed by atoms with Gasteiger partial charge in [0.25, 0.3) is 0 Å². The van der Waals surface area contributed by atoms with Crippen molar-refractivity contribution in [3.63, 3.8) is 0 Å². The summed E-state index contributed by atoms with van der Waals surface area (Å²) in [4.78, 5) is 12.6. The molecule has 4 aliphatic carbocycles. The molecule has 2 aromatic heterocycles. The van der Waals surface area contributed by atoms with Gasteiger partial charge in [-0.05, 0) is 138 Å². The molecule has 7 heteroatoms. The van der Waals surface area contributed by atoms with Crippen molar-refractivity contribution in [2.45, 2.75) is 56.8 Å². The van der Waals surface area contributed by atoms with Gasteiger partial charge in [-0.3, -0.25) is 0 Å². The van der Waals surface area contributed by atoms with Gasteiger partial charge in [0, 0.05) is 72.1 Å². The van der Waals surface area contributed by atoms with E-state index in [9.17, 15) is 0 Å². The minimum absolute atomic E-state index is 0. The molecule has 392 valence electrons. The van der Waals surface area contributed by atoms with Gasteiger partial charge in [-0.15, -0.1) is 17.7 Å². The van der Waals surface area contributed by atoms with Crippen LogP contribution in [0.5, 0.6) is 0 Å². The molecule has 0 atom stereocenters. The molecule has 10 aromatic rings. The molecule has 8 aromatic carbocycles. The van der Waals surface area contributed by atoms with E-state index in [0.29, 0.717) is 11.8 Å². The fourth-order valence-electron chi connectivity index (χ4n) is 15.9. The molecule has 0 radical (unpaired) electrons. The Balaban J connectivity index is 0.00000552. The smallest absolute Gasteiger partial charge is 0.316 e. The maximum Gasteiger partial charge on any atom is 0.316 e. The second-order valence-corrected chi connectivity index (χ2v) is 23.6. The van der Waals surface area contributed by atoms with Crippen LogP contribution in [0.25, 0.3) is 56.0 Å². The minimum Gasteiger partial charge on any atom is -0.493 e.